The third-order valence-corrected chi connectivity index (χ3v) is 2.75. The number of benzene rings is 1. The summed E-state index contributed by atoms with van der Waals surface area (Å²) in [6, 6.07) is 4.98. The zero-order chi connectivity index (χ0) is 9.54. The van der Waals surface area contributed by atoms with Crippen molar-refractivity contribution in [3.8, 4) is 0 Å². The molecule has 0 fully saturated rings. The van der Waals surface area contributed by atoms with E-state index in [-0.39, 0.29) is 5.82 Å². The average Bonchev–Trinajstić information content (AvgIpc) is 2.54. The largest absolute Gasteiger partial charge is 0.207 e. The maximum atomic E-state index is 13.0. The van der Waals surface area contributed by atoms with E-state index in [9.17, 15) is 4.39 Å². The molecule has 1 atom stereocenters. The fourth-order valence-corrected chi connectivity index (χ4v) is 2.10. The molecule has 0 spiro atoms. The molecule has 68 valence electrons. The molecule has 1 unspecified atom stereocenters. The van der Waals surface area contributed by atoms with Gasteiger partial charge in [-0.3, -0.25) is 0 Å². The lowest BCUT2D eigenvalue weighted by Crippen LogP contribution is -2.22. The first kappa shape index (κ1) is 7.74. The van der Waals surface area contributed by atoms with Crippen LogP contribution in [0.4, 0.5) is 4.39 Å². The quantitative estimate of drug-likeness (QED) is 0.573. The van der Waals surface area contributed by atoms with Gasteiger partial charge < -0.3 is 0 Å². The van der Waals surface area contributed by atoms with E-state index in [1.165, 1.54) is 11.6 Å². The molecule has 0 N–H and O–H groups in total. The van der Waals surface area contributed by atoms with Gasteiger partial charge in [-0.15, -0.1) is 0 Å². The number of hydrogen-bond acceptors (Lipinski definition) is 0. The van der Waals surface area contributed by atoms with Crippen molar-refractivity contribution in [3.63, 3.8) is 0 Å². The molecule has 0 amide bonds. The van der Waals surface area contributed by atoms with Crippen LogP contribution in [0.15, 0.2) is 42.5 Å². The Kier molecular flexibility index (Phi) is 1.48. The van der Waals surface area contributed by atoms with Gasteiger partial charge in [0.05, 0.1) is 0 Å². The Bertz CT molecular complexity index is 561. The molecule has 14 heavy (non-hydrogen) atoms. The zero-order valence-electron chi connectivity index (χ0n) is 7.57. The Labute approximate surface area is 81.4 Å². The first-order chi connectivity index (χ1) is 6.84. The summed E-state index contributed by atoms with van der Waals surface area (Å²) in [5.74, 6) is 0.184. The standard InChI is InChI=1S/C13H9F/c14-11-5-6-13-10(8-11)7-9-3-1-2-4-12(9)13/h1-9H. The number of rotatable bonds is 0. The van der Waals surface area contributed by atoms with E-state index in [0.717, 1.165) is 10.4 Å². The summed E-state index contributed by atoms with van der Waals surface area (Å²) < 4.78 is 13.0. The molecule has 0 saturated carbocycles. The Hall–Kier alpha value is -1.63. The minimum Gasteiger partial charge on any atom is -0.207 e. The molecule has 0 nitrogen and oxygen atoms in total. The van der Waals surface area contributed by atoms with Gasteiger partial charge in [-0.05, 0) is 28.1 Å². The summed E-state index contributed by atoms with van der Waals surface area (Å²) in [7, 11) is 0. The Morgan fingerprint density at radius 2 is 2.07 bits per heavy atom. The van der Waals surface area contributed by atoms with Gasteiger partial charge >= 0.3 is 0 Å². The van der Waals surface area contributed by atoms with E-state index in [4.69, 9.17) is 0 Å². The lowest BCUT2D eigenvalue weighted by Gasteiger charge is -2.07. The van der Waals surface area contributed by atoms with Crippen molar-refractivity contribution in [3.05, 3.63) is 58.8 Å². The molecule has 0 aromatic heterocycles. The second-order valence-corrected chi connectivity index (χ2v) is 3.62. The number of halogens is 1. The van der Waals surface area contributed by atoms with Gasteiger partial charge in [0.15, 0.2) is 0 Å². The van der Waals surface area contributed by atoms with E-state index >= 15 is 0 Å². The van der Waals surface area contributed by atoms with Crippen LogP contribution < -0.4 is 10.4 Å². The highest BCUT2D eigenvalue weighted by molar-refractivity contribution is 5.74. The van der Waals surface area contributed by atoms with Crippen molar-refractivity contribution in [2.24, 2.45) is 5.92 Å². The van der Waals surface area contributed by atoms with Crippen LogP contribution in [-0.2, 0) is 0 Å². The van der Waals surface area contributed by atoms with Crippen molar-refractivity contribution in [2.75, 3.05) is 0 Å². The van der Waals surface area contributed by atoms with E-state index in [2.05, 4.69) is 18.2 Å². The number of hydrogen-bond donors (Lipinski definition) is 0. The molecule has 1 heteroatoms. The molecular formula is C13H9F. The van der Waals surface area contributed by atoms with Crippen LogP contribution in [0, 0.1) is 11.7 Å². The van der Waals surface area contributed by atoms with Gasteiger partial charge in [0.2, 0.25) is 0 Å². The van der Waals surface area contributed by atoms with Crippen molar-refractivity contribution in [1.29, 1.82) is 0 Å². The Morgan fingerprint density at radius 3 is 3.00 bits per heavy atom. The molecule has 3 rings (SSSR count). The summed E-state index contributed by atoms with van der Waals surface area (Å²) in [4.78, 5) is 0. The monoisotopic (exact) mass is 184 g/mol. The Morgan fingerprint density at radius 1 is 1.14 bits per heavy atom. The van der Waals surface area contributed by atoms with Crippen molar-refractivity contribution in [2.45, 2.75) is 0 Å². The number of allylic oxidation sites excluding steroid dienone is 4. The summed E-state index contributed by atoms with van der Waals surface area (Å²) in [5, 5.41) is 2.18. The smallest absolute Gasteiger partial charge is 0.123 e. The lowest BCUT2D eigenvalue weighted by atomic mass is 9.97. The van der Waals surface area contributed by atoms with E-state index < -0.39 is 0 Å². The van der Waals surface area contributed by atoms with Gasteiger partial charge in [0.1, 0.15) is 5.82 Å². The molecule has 0 radical (unpaired) electrons. The van der Waals surface area contributed by atoms with Crippen molar-refractivity contribution in [1.82, 2.24) is 0 Å². The summed E-state index contributed by atoms with van der Waals surface area (Å²) in [6.07, 6.45) is 10.4. The fraction of sp³-hybridized carbons (Fsp3) is 0.0769. The van der Waals surface area contributed by atoms with Gasteiger partial charge in [-0.25, -0.2) is 4.39 Å². The van der Waals surface area contributed by atoms with Crippen LogP contribution in [0.25, 0.3) is 11.6 Å². The molecular weight excluding hydrogens is 175 g/mol. The minimum absolute atomic E-state index is 0.160. The highest BCUT2D eigenvalue weighted by Crippen LogP contribution is 2.21. The third-order valence-electron chi connectivity index (χ3n) is 2.75. The first-order valence-electron chi connectivity index (χ1n) is 4.71. The van der Waals surface area contributed by atoms with E-state index in [0.29, 0.717) is 5.92 Å². The van der Waals surface area contributed by atoms with Crippen molar-refractivity contribution >= 4 is 11.6 Å². The summed E-state index contributed by atoms with van der Waals surface area (Å²) >= 11 is 0. The molecule has 2 aliphatic carbocycles. The predicted molar refractivity (Wildman–Crippen MR) is 55.3 cm³/mol. The summed E-state index contributed by atoms with van der Waals surface area (Å²) in [5.41, 5.74) is 1.28. The molecule has 0 saturated heterocycles. The molecule has 0 heterocycles. The van der Waals surface area contributed by atoms with Crippen LogP contribution in [0.3, 0.4) is 0 Å². The van der Waals surface area contributed by atoms with Crippen LogP contribution in [-0.4, -0.2) is 0 Å². The van der Waals surface area contributed by atoms with Crippen LogP contribution >= 0.6 is 0 Å². The molecule has 1 aromatic carbocycles. The fourth-order valence-electron chi connectivity index (χ4n) is 2.10. The maximum absolute atomic E-state index is 13.0. The normalized spacial score (nSPS) is 21.8. The van der Waals surface area contributed by atoms with Crippen molar-refractivity contribution < 1.29 is 4.39 Å². The van der Waals surface area contributed by atoms with E-state index in [1.807, 2.05) is 18.2 Å². The van der Waals surface area contributed by atoms with Gasteiger partial charge in [-0.2, -0.15) is 0 Å². The van der Waals surface area contributed by atoms with Gasteiger partial charge in [-0.1, -0.05) is 36.4 Å². The second-order valence-electron chi connectivity index (χ2n) is 3.62. The molecule has 0 bridgehead atoms. The second kappa shape index (κ2) is 2.68. The summed E-state index contributed by atoms with van der Waals surface area (Å²) in [6.45, 7) is 0. The van der Waals surface area contributed by atoms with Gasteiger partial charge in [0.25, 0.3) is 0 Å². The van der Waals surface area contributed by atoms with Crippen LogP contribution in [0.2, 0.25) is 0 Å². The third kappa shape index (κ3) is 0.987. The average molecular weight is 184 g/mol. The molecule has 0 aliphatic heterocycles. The molecule has 1 aromatic rings. The first-order valence-corrected chi connectivity index (χ1v) is 4.71. The van der Waals surface area contributed by atoms with E-state index in [1.54, 1.807) is 6.07 Å². The van der Waals surface area contributed by atoms with Crippen LogP contribution in [0.5, 0.6) is 0 Å². The highest BCUT2D eigenvalue weighted by atomic mass is 19.1. The van der Waals surface area contributed by atoms with Gasteiger partial charge in [0, 0.05) is 5.92 Å². The predicted octanol–water partition coefficient (Wildman–Crippen LogP) is 1.51. The highest BCUT2D eigenvalue weighted by Gasteiger charge is 2.14. The minimum atomic E-state index is -0.160. The molecule has 2 aliphatic rings. The topological polar surface area (TPSA) is 0 Å². The number of fused-ring (bicyclic) bond motifs is 2. The van der Waals surface area contributed by atoms with Crippen LogP contribution in [0.1, 0.15) is 0 Å². The Balaban J connectivity index is 2.40. The lowest BCUT2D eigenvalue weighted by molar-refractivity contribution is 0.626. The maximum Gasteiger partial charge on any atom is 0.123 e. The SMILES string of the molecule is Fc1ccc2c(c1)=CC1C=CC=CC=21. The zero-order valence-corrected chi connectivity index (χ0v) is 7.57.